The third-order valence-electron chi connectivity index (χ3n) is 3.15. The summed E-state index contributed by atoms with van der Waals surface area (Å²) >= 11 is 0. The first-order valence-corrected chi connectivity index (χ1v) is 6.28. The summed E-state index contributed by atoms with van der Waals surface area (Å²) < 4.78 is 6.90. The van der Waals surface area contributed by atoms with E-state index in [0.29, 0.717) is 12.2 Å². The van der Waals surface area contributed by atoms with Gasteiger partial charge >= 0.3 is 5.97 Å². The number of aryl methyl sites for hydroxylation is 1. The van der Waals surface area contributed by atoms with E-state index in [9.17, 15) is 9.59 Å². The molecule has 0 fully saturated rings. The third-order valence-corrected chi connectivity index (χ3v) is 3.15. The monoisotopic (exact) mass is 259 g/mol. The Morgan fingerprint density at radius 2 is 2.00 bits per heavy atom. The van der Waals surface area contributed by atoms with Gasteiger partial charge in [0.15, 0.2) is 5.78 Å². The Morgan fingerprint density at radius 1 is 1.26 bits per heavy atom. The lowest BCUT2D eigenvalue weighted by atomic mass is 9.98. The van der Waals surface area contributed by atoms with Crippen molar-refractivity contribution in [2.75, 3.05) is 6.61 Å². The van der Waals surface area contributed by atoms with E-state index in [1.54, 1.807) is 6.92 Å². The second-order valence-corrected chi connectivity index (χ2v) is 4.50. The Balaban J connectivity index is 2.52. The molecule has 0 saturated carbocycles. The molecule has 1 heterocycles. The summed E-state index contributed by atoms with van der Waals surface area (Å²) in [7, 11) is 1.93. The average molecular weight is 259 g/mol. The molecular formula is C15H17NO3. The van der Waals surface area contributed by atoms with Crippen molar-refractivity contribution in [3.8, 4) is 0 Å². The van der Waals surface area contributed by atoms with E-state index >= 15 is 0 Å². The Hall–Kier alpha value is -2.10. The molecule has 0 N–H and O–H groups in total. The maximum absolute atomic E-state index is 11.9. The van der Waals surface area contributed by atoms with Gasteiger partial charge in [0.1, 0.15) is 0 Å². The highest BCUT2D eigenvalue weighted by Gasteiger charge is 2.16. The van der Waals surface area contributed by atoms with Gasteiger partial charge in [-0.3, -0.25) is 9.59 Å². The molecule has 0 amide bonds. The van der Waals surface area contributed by atoms with Crippen molar-refractivity contribution in [2.45, 2.75) is 20.3 Å². The van der Waals surface area contributed by atoms with Crippen LogP contribution in [0.3, 0.4) is 0 Å². The molecule has 2 aromatic rings. The van der Waals surface area contributed by atoms with Crippen molar-refractivity contribution in [2.24, 2.45) is 7.05 Å². The number of esters is 1. The number of benzene rings is 1. The van der Waals surface area contributed by atoms with Gasteiger partial charge < -0.3 is 9.30 Å². The number of carbonyl (C=O) groups excluding carboxylic acids is 2. The van der Waals surface area contributed by atoms with E-state index in [1.807, 2.05) is 36.0 Å². The van der Waals surface area contributed by atoms with E-state index in [2.05, 4.69) is 0 Å². The summed E-state index contributed by atoms with van der Waals surface area (Å²) in [5, 5.41) is 0.886. The molecule has 100 valence electrons. The van der Waals surface area contributed by atoms with Crippen LogP contribution in [0.4, 0.5) is 0 Å². The second-order valence-electron chi connectivity index (χ2n) is 4.50. The van der Waals surface area contributed by atoms with Crippen molar-refractivity contribution < 1.29 is 14.3 Å². The fourth-order valence-corrected chi connectivity index (χ4v) is 2.33. The number of hydrogen-bond donors (Lipinski definition) is 0. The molecular weight excluding hydrogens is 242 g/mol. The molecule has 0 spiro atoms. The molecule has 2 rings (SSSR count). The number of nitrogens with zero attached hydrogens (tertiary/aromatic N) is 1. The van der Waals surface area contributed by atoms with Crippen LogP contribution in [0, 0.1) is 0 Å². The quantitative estimate of drug-likeness (QED) is 0.626. The summed E-state index contributed by atoms with van der Waals surface area (Å²) in [4.78, 5) is 23.5. The molecule has 0 aliphatic carbocycles. The van der Waals surface area contributed by atoms with Gasteiger partial charge in [-0.2, -0.15) is 0 Å². The number of carbonyl (C=O) groups is 2. The van der Waals surface area contributed by atoms with Crippen LogP contribution in [0.2, 0.25) is 0 Å². The van der Waals surface area contributed by atoms with Crippen LogP contribution in [0.5, 0.6) is 0 Å². The minimum atomic E-state index is -0.305. The first kappa shape index (κ1) is 13.3. The zero-order valence-corrected chi connectivity index (χ0v) is 11.4. The molecule has 19 heavy (non-hydrogen) atoms. The molecule has 4 nitrogen and oxygen atoms in total. The zero-order valence-electron chi connectivity index (χ0n) is 11.4. The maximum Gasteiger partial charge on any atom is 0.310 e. The fourth-order valence-electron chi connectivity index (χ4n) is 2.33. The highest BCUT2D eigenvalue weighted by atomic mass is 16.5. The van der Waals surface area contributed by atoms with E-state index in [-0.39, 0.29) is 18.2 Å². The SMILES string of the molecule is CCOC(=O)Cc1ccc2c(ccn2C)c1C(C)=O. The Bertz CT molecular complexity index is 640. The van der Waals surface area contributed by atoms with Crippen molar-refractivity contribution in [1.29, 1.82) is 0 Å². The second kappa shape index (κ2) is 5.26. The normalized spacial score (nSPS) is 10.7. The molecule has 1 aromatic carbocycles. The first-order valence-electron chi connectivity index (χ1n) is 6.28. The van der Waals surface area contributed by atoms with Gasteiger partial charge in [-0.25, -0.2) is 0 Å². The maximum atomic E-state index is 11.9. The number of fused-ring (bicyclic) bond motifs is 1. The lowest BCUT2D eigenvalue weighted by molar-refractivity contribution is -0.142. The number of aromatic nitrogens is 1. The summed E-state index contributed by atoms with van der Waals surface area (Å²) in [6.07, 6.45) is 2.04. The van der Waals surface area contributed by atoms with Gasteiger partial charge in [0.25, 0.3) is 0 Å². The minimum Gasteiger partial charge on any atom is -0.466 e. The van der Waals surface area contributed by atoms with E-state index in [1.165, 1.54) is 6.92 Å². The van der Waals surface area contributed by atoms with Gasteiger partial charge in [-0.05, 0) is 31.5 Å². The summed E-state index contributed by atoms with van der Waals surface area (Å²) in [5.74, 6) is -0.337. The van der Waals surface area contributed by atoms with Crippen molar-refractivity contribution in [3.63, 3.8) is 0 Å². The van der Waals surface area contributed by atoms with Crippen LogP contribution in [0.1, 0.15) is 29.8 Å². The van der Waals surface area contributed by atoms with Gasteiger partial charge in [0, 0.05) is 29.7 Å². The summed E-state index contributed by atoms with van der Waals surface area (Å²) in [5.41, 5.74) is 2.33. The Morgan fingerprint density at radius 3 is 2.63 bits per heavy atom. The van der Waals surface area contributed by atoms with E-state index in [0.717, 1.165) is 16.5 Å². The van der Waals surface area contributed by atoms with Gasteiger partial charge in [-0.1, -0.05) is 6.07 Å². The summed E-state index contributed by atoms with van der Waals surface area (Å²) in [6, 6.07) is 5.66. The number of hydrogen-bond acceptors (Lipinski definition) is 3. The van der Waals surface area contributed by atoms with Gasteiger partial charge in [0.05, 0.1) is 13.0 Å². The van der Waals surface area contributed by atoms with Gasteiger partial charge in [0.2, 0.25) is 0 Å². The molecule has 0 radical (unpaired) electrons. The molecule has 0 aliphatic heterocycles. The number of Topliss-reactive ketones (excluding diaryl/α,β-unsaturated/α-hetero) is 1. The standard InChI is InChI=1S/C15H17NO3/c1-4-19-14(18)9-11-5-6-13-12(7-8-16(13)3)15(11)10(2)17/h5-8H,4,9H2,1-3H3. The van der Waals surface area contributed by atoms with Crippen molar-refractivity contribution in [1.82, 2.24) is 4.57 Å². The number of ether oxygens (including phenoxy) is 1. The topological polar surface area (TPSA) is 48.3 Å². The molecule has 0 atom stereocenters. The Kier molecular flexibility index (Phi) is 3.69. The average Bonchev–Trinajstić information content (AvgIpc) is 2.70. The highest BCUT2D eigenvalue weighted by Crippen LogP contribution is 2.24. The van der Waals surface area contributed by atoms with E-state index in [4.69, 9.17) is 4.74 Å². The smallest absolute Gasteiger partial charge is 0.310 e. The molecule has 1 aromatic heterocycles. The van der Waals surface area contributed by atoms with Gasteiger partial charge in [-0.15, -0.1) is 0 Å². The molecule has 0 unspecified atom stereocenters. The lowest BCUT2D eigenvalue weighted by Gasteiger charge is -2.09. The predicted octanol–water partition coefficient (Wildman–Crippen LogP) is 2.49. The van der Waals surface area contributed by atoms with Crippen LogP contribution in [-0.2, 0) is 23.0 Å². The molecule has 0 bridgehead atoms. The minimum absolute atomic E-state index is 0.0314. The molecule has 4 heteroatoms. The van der Waals surface area contributed by atoms with Crippen molar-refractivity contribution in [3.05, 3.63) is 35.5 Å². The van der Waals surface area contributed by atoms with Crippen LogP contribution < -0.4 is 0 Å². The number of rotatable bonds is 4. The first-order chi connectivity index (χ1) is 9.04. The van der Waals surface area contributed by atoms with Crippen LogP contribution in [0.15, 0.2) is 24.4 Å². The molecule has 0 saturated heterocycles. The lowest BCUT2D eigenvalue weighted by Crippen LogP contribution is -2.11. The zero-order chi connectivity index (χ0) is 14.0. The van der Waals surface area contributed by atoms with Crippen molar-refractivity contribution >= 4 is 22.7 Å². The number of ketones is 1. The van der Waals surface area contributed by atoms with Crippen LogP contribution in [0.25, 0.3) is 10.9 Å². The molecule has 0 aliphatic rings. The summed E-state index contributed by atoms with van der Waals surface area (Å²) in [6.45, 7) is 3.64. The highest BCUT2D eigenvalue weighted by molar-refractivity contribution is 6.08. The third kappa shape index (κ3) is 2.52. The predicted molar refractivity (Wildman–Crippen MR) is 73.3 cm³/mol. The van der Waals surface area contributed by atoms with Crippen LogP contribution in [-0.4, -0.2) is 22.9 Å². The Labute approximate surface area is 112 Å². The van der Waals surface area contributed by atoms with Crippen LogP contribution >= 0.6 is 0 Å². The largest absolute Gasteiger partial charge is 0.466 e. The fraction of sp³-hybridized carbons (Fsp3) is 0.333. The van der Waals surface area contributed by atoms with E-state index < -0.39 is 0 Å².